The first-order chi connectivity index (χ1) is 13.5. The number of nitrogens with zero attached hydrogens (tertiary/aromatic N) is 1. The summed E-state index contributed by atoms with van der Waals surface area (Å²) in [6.45, 7) is 1.87. The molecule has 1 heterocycles. The second-order valence-corrected chi connectivity index (χ2v) is 6.48. The van der Waals surface area contributed by atoms with Gasteiger partial charge >= 0.3 is 5.97 Å². The van der Waals surface area contributed by atoms with E-state index in [1.807, 2.05) is 6.92 Å². The predicted octanol–water partition coefficient (Wildman–Crippen LogP) is 4.83. The number of pyridine rings is 1. The molecule has 1 amide bonds. The number of carbonyl (C=O) groups excluding carboxylic acids is 2. The first-order valence-corrected chi connectivity index (χ1v) is 8.83. The van der Waals surface area contributed by atoms with Crippen molar-refractivity contribution in [1.82, 2.24) is 4.98 Å². The summed E-state index contributed by atoms with van der Waals surface area (Å²) >= 11 is 5.93. The van der Waals surface area contributed by atoms with E-state index in [-0.39, 0.29) is 5.91 Å². The highest BCUT2D eigenvalue weighted by Gasteiger charge is 2.09. The summed E-state index contributed by atoms with van der Waals surface area (Å²) in [4.78, 5) is 28.1. The van der Waals surface area contributed by atoms with Crippen LogP contribution in [0.3, 0.4) is 0 Å². The fourth-order valence-electron chi connectivity index (χ4n) is 2.52. The molecule has 0 saturated heterocycles. The van der Waals surface area contributed by atoms with E-state index in [1.165, 1.54) is 13.3 Å². The molecule has 0 aliphatic heterocycles. The second kappa shape index (κ2) is 8.54. The lowest BCUT2D eigenvalue weighted by molar-refractivity contribution is 0.0600. The molecule has 0 unspecified atom stereocenters. The maximum absolute atomic E-state index is 12.4. The van der Waals surface area contributed by atoms with Crippen molar-refractivity contribution in [2.24, 2.45) is 0 Å². The third-order valence-corrected chi connectivity index (χ3v) is 4.28. The summed E-state index contributed by atoms with van der Waals surface area (Å²) in [5.41, 5.74) is 3.23. The van der Waals surface area contributed by atoms with Gasteiger partial charge in [0, 0.05) is 22.6 Å². The van der Waals surface area contributed by atoms with Gasteiger partial charge in [0.25, 0.3) is 5.91 Å². The van der Waals surface area contributed by atoms with Gasteiger partial charge in [0.05, 0.1) is 18.2 Å². The van der Waals surface area contributed by atoms with E-state index < -0.39 is 5.97 Å². The number of nitrogens with one attached hydrogen (secondary N) is 2. The lowest BCUT2D eigenvalue weighted by Crippen LogP contribution is -2.13. The second-order valence-electron chi connectivity index (χ2n) is 6.04. The van der Waals surface area contributed by atoms with Gasteiger partial charge < -0.3 is 15.4 Å². The molecule has 0 aliphatic rings. The van der Waals surface area contributed by atoms with E-state index in [0.717, 1.165) is 11.3 Å². The van der Waals surface area contributed by atoms with E-state index in [9.17, 15) is 9.59 Å². The summed E-state index contributed by atoms with van der Waals surface area (Å²) in [6.07, 6.45) is 1.49. The van der Waals surface area contributed by atoms with Gasteiger partial charge in [-0.05, 0) is 67.1 Å². The van der Waals surface area contributed by atoms with Crippen molar-refractivity contribution < 1.29 is 14.3 Å². The Morgan fingerprint density at radius 3 is 2.32 bits per heavy atom. The molecule has 0 radical (unpaired) electrons. The zero-order valence-electron chi connectivity index (χ0n) is 15.3. The number of methoxy groups -OCH3 is 1. The highest BCUT2D eigenvalue weighted by molar-refractivity contribution is 6.30. The number of esters is 1. The van der Waals surface area contributed by atoms with Gasteiger partial charge in [0.2, 0.25) is 0 Å². The number of benzene rings is 2. The average molecular weight is 396 g/mol. The van der Waals surface area contributed by atoms with Crippen LogP contribution in [0.25, 0.3) is 0 Å². The van der Waals surface area contributed by atoms with Crippen LogP contribution in [0.15, 0.2) is 60.8 Å². The van der Waals surface area contributed by atoms with E-state index in [2.05, 4.69) is 20.4 Å². The fraction of sp³-hybridized carbons (Fsp3) is 0.0952. The van der Waals surface area contributed by atoms with Crippen molar-refractivity contribution in [3.05, 3.63) is 82.5 Å². The molecule has 0 atom stereocenters. The standard InChI is InChI=1S/C21H18ClN3O3/c1-13-11-16(22)6-9-18(13)25-20(26)15-5-10-19(23-12-15)24-17-7-3-14(4-8-17)21(27)28-2/h3-12H,1-2H3,(H,23,24)(H,25,26). The first-order valence-electron chi connectivity index (χ1n) is 8.45. The highest BCUT2D eigenvalue weighted by Crippen LogP contribution is 2.21. The molecule has 3 aromatic rings. The van der Waals surface area contributed by atoms with Crippen molar-refractivity contribution >= 4 is 40.7 Å². The molecule has 0 spiro atoms. The van der Waals surface area contributed by atoms with E-state index in [0.29, 0.717) is 27.7 Å². The maximum Gasteiger partial charge on any atom is 0.337 e. The van der Waals surface area contributed by atoms with Crippen LogP contribution in [0.5, 0.6) is 0 Å². The molecule has 2 aromatic carbocycles. The normalized spacial score (nSPS) is 10.2. The van der Waals surface area contributed by atoms with Gasteiger partial charge in [-0.25, -0.2) is 9.78 Å². The van der Waals surface area contributed by atoms with Gasteiger partial charge in [0.15, 0.2) is 0 Å². The molecule has 142 valence electrons. The summed E-state index contributed by atoms with van der Waals surface area (Å²) in [5.74, 6) is -0.0760. The molecular formula is C21H18ClN3O3. The predicted molar refractivity (Wildman–Crippen MR) is 109 cm³/mol. The minimum absolute atomic E-state index is 0.257. The minimum Gasteiger partial charge on any atom is -0.465 e. The van der Waals surface area contributed by atoms with Crippen molar-refractivity contribution in [2.75, 3.05) is 17.7 Å². The van der Waals surface area contributed by atoms with Crippen LogP contribution in [-0.4, -0.2) is 24.0 Å². The molecule has 0 fully saturated rings. The molecule has 0 saturated carbocycles. The van der Waals surface area contributed by atoms with Crippen molar-refractivity contribution in [3.63, 3.8) is 0 Å². The lowest BCUT2D eigenvalue weighted by atomic mass is 10.2. The molecule has 2 N–H and O–H groups in total. The Bertz CT molecular complexity index is 1000. The van der Waals surface area contributed by atoms with Crippen LogP contribution < -0.4 is 10.6 Å². The van der Waals surface area contributed by atoms with E-state index >= 15 is 0 Å². The summed E-state index contributed by atoms with van der Waals surface area (Å²) in [5, 5.41) is 6.57. The molecule has 3 rings (SSSR count). The molecular weight excluding hydrogens is 378 g/mol. The van der Waals surface area contributed by atoms with Crippen molar-refractivity contribution in [3.8, 4) is 0 Å². The monoisotopic (exact) mass is 395 g/mol. The van der Waals surface area contributed by atoms with Crippen molar-refractivity contribution in [2.45, 2.75) is 6.92 Å². The Kier molecular flexibility index (Phi) is 5.91. The summed E-state index contributed by atoms with van der Waals surface area (Å²) < 4.78 is 4.67. The van der Waals surface area contributed by atoms with E-state index in [1.54, 1.807) is 54.6 Å². The van der Waals surface area contributed by atoms with Crippen LogP contribution >= 0.6 is 11.6 Å². The molecule has 0 aliphatic carbocycles. The Hall–Kier alpha value is -3.38. The quantitative estimate of drug-likeness (QED) is 0.605. The zero-order valence-corrected chi connectivity index (χ0v) is 16.1. The van der Waals surface area contributed by atoms with Crippen molar-refractivity contribution in [1.29, 1.82) is 0 Å². The van der Waals surface area contributed by atoms with Gasteiger partial charge in [0.1, 0.15) is 5.82 Å². The van der Waals surface area contributed by atoms with Gasteiger partial charge in [-0.1, -0.05) is 11.6 Å². The van der Waals surface area contributed by atoms with Crippen LogP contribution in [0, 0.1) is 6.92 Å². The summed E-state index contributed by atoms with van der Waals surface area (Å²) in [7, 11) is 1.34. The topological polar surface area (TPSA) is 80.3 Å². The molecule has 7 heteroatoms. The fourth-order valence-corrected chi connectivity index (χ4v) is 2.75. The number of carbonyl (C=O) groups is 2. The Labute approximate surface area is 167 Å². The number of aromatic nitrogens is 1. The molecule has 28 heavy (non-hydrogen) atoms. The highest BCUT2D eigenvalue weighted by atomic mass is 35.5. The number of aryl methyl sites for hydroxylation is 1. The molecule has 1 aromatic heterocycles. The Balaban J connectivity index is 1.65. The Morgan fingerprint density at radius 2 is 1.71 bits per heavy atom. The number of anilines is 3. The number of halogens is 1. The lowest BCUT2D eigenvalue weighted by Gasteiger charge is -2.10. The van der Waals surface area contributed by atoms with E-state index in [4.69, 9.17) is 11.6 Å². The summed E-state index contributed by atoms with van der Waals surface area (Å²) in [6, 6.07) is 15.5. The number of rotatable bonds is 5. The maximum atomic E-state index is 12.4. The number of amides is 1. The van der Waals surface area contributed by atoms with Crippen LogP contribution in [0.4, 0.5) is 17.2 Å². The smallest absolute Gasteiger partial charge is 0.337 e. The average Bonchev–Trinajstić information content (AvgIpc) is 2.70. The molecule has 0 bridgehead atoms. The van der Waals surface area contributed by atoms with Gasteiger partial charge in [-0.3, -0.25) is 4.79 Å². The third-order valence-electron chi connectivity index (χ3n) is 4.04. The Morgan fingerprint density at radius 1 is 1.00 bits per heavy atom. The van der Waals surface area contributed by atoms with Crippen LogP contribution in [-0.2, 0) is 4.74 Å². The number of hydrogen-bond acceptors (Lipinski definition) is 5. The van der Waals surface area contributed by atoms with Crippen LogP contribution in [0.2, 0.25) is 5.02 Å². The van der Waals surface area contributed by atoms with Gasteiger partial charge in [-0.15, -0.1) is 0 Å². The zero-order chi connectivity index (χ0) is 20.1. The minimum atomic E-state index is -0.393. The first kappa shape index (κ1) is 19.4. The van der Waals surface area contributed by atoms with Gasteiger partial charge in [-0.2, -0.15) is 0 Å². The molecule has 6 nitrogen and oxygen atoms in total. The number of ether oxygens (including phenoxy) is 1. The SMILES string of the molecule is COC(=O)c1ccc(Nc2ccc(C(=O)Nc3ccc(Cl)cc3C)cn2)cc1. The van der Waals surface area contributed by atoms with Crippen LogP contribution in [0.1, 0.15) is 26.3 Å². The largest absolute Gasteiger partial charge is 0.465 e. The third kappa shape index (κ3) is 4.66. The number of hydrogen-bond donors (Lipinski definition) is 2.